The van der Waals surface area contributed by atoms with E-state index < -0.39 is 0 Å². The largest absolute Gasteiger partial charge is 0.356 e. The molecule has 1 fully saturated rings. The topological polar surface area (TPSA) is 55.0 Å². The Labute approximate surface area is 107 Å². The van der Waals surface area contributed by atoms with Crippen LogP contribution < -0.4 is 10.6 Å². The van der Waals surface area contributed by atoms with Gasteiger partial charge in [0.05, 0.1) is 5.52 Å². The van der Waals surface area contributed by atoms with E-state index in [0.29, 0.717) is 5.92 Å². The lowest BCUT2D eigenvalue weighted by molar-refractivity contribution is 0.546. The van der Waals surface area contributed by atoms with Crippen molar-refractivity contribution in [1.82, 2.24) is 9.97 Å². The fraction of sp³-hybridized carbons (Fsp3) is 0.429. The standard InChI is InChI=1S/C14H18N4/c15-7-5-11-6-8-18(9-11)14-12-3-1-2-4-13(12)16-10-17-14/h1-4,10-11H,5-9,15H2. The number of anilines is 1. The summed E-state index contributed by atoms with van der Waals surface area (Å²) in [5.41, 5.74) is 6.66. The fourth-order valence-electron chi connectivity index (χ4n) is 2.74. The second-order valence-electron chi connectivity index (χ2n) is 4.89. The molecule has 1 aliphatic rings. The third kappa shape index (κ3) is 2.04. The van der Waals surface area contributed by atoms with Crippen molar-refractivity contribution in [1.29, 1.82) is 0 Å². The van der Waals surface area contributed by atoms with Crippen LogP contribution in [0, 0.1) is 5.92 Å². The van der Waals surface area contributed by atoms with E-state index in [-0.39, 0.29) is 0 Å². The van der Waals surface area contributed by atoms with Crippen LogP contribution in [0.25, 0.3) is 10.9 Å². The van der Waals surface area contributed by atoms with E-state index in [4.69, 9.17) is 5.73 Å². The van der Waals surface area contributed by atoms with Crippen LogP contribution in [0.4, 0.5) is 5.82 Å². The van der Waals surface area contributed by atoms with Crippen LogP contribution in [-0.2, 0) is 0 Å². The maximum Gasteiger partial charge on any atom is 0.139 e. The molecule has 3 rings (SSSR count). The molecular formula is C14H18N4. The normalized spacial score (nSPS) is 19.6. The van der Waals surface area contributed by atoms with Crippen LogP contribution >= 0.6 is 0 Å². The Morgan fingerprint density at radius 1 is 1.28 bits per heavy atom. The summed E-state index contributed by atoms with van der Waals surface area (Å²) in [6.45, 7) is 2.92. The van der Waals surface area contributed by atoms with E-state index in [0.717, 1.165) is 42.8 Å². The van der Waals surface area contributed by atoms with Crippen LogP contribution in [0.15, 0.2) is 30.6 Å². The zero-order valence-electron chi connectivity index (χ0n) is 10.4. The number of hydrogen-bond donors (Lipinski definition) is 1. The van der Waals surface area contributed by atoms with Gasteiger partial charge in [0.25, 0.3) is 0 Å². The van der Waals surface area contributed by atoms with Crippen LogP contribution in [0.5, 0.6) is 0 Å². The number of nitrogens with zero attached hydrogens (tertiary/aromatic N) is 3. The van der Waals surface area contributed by atoms with E-state index in [1.54, 1.807) is 6.33 Å². The van der Waals surface area contributed by atoms with Crippen molar-refractivity contribution in [2.24, 2.45) is 11.7 Å². The lowest BCUT2D eigenvalue weighted by Gasteiger charge is -2.18. The van der Waals surface area contributed by atoms with Gasteiger partial charge in [0, 0.05) is 18.5 Å². The smallest absolute Gasteiger partial charge is 0.139 e. The molecule has 0 radical (unpaired) electrons. The maximum atomic E-state index is 5.64. The molecule has 2 heterocycles. The maximum absolute atomic E-state index is 5.64. The molecule has 4 heteroatoms. The quantitative estimate of drug-likeness (QED) is 0.891. The van der Waals surface area contributed by atoms with Gasteiger partial charge in [-0.3, -0.25) is 0 Å². The summed E-state index contributed by atoms with van der Waals surface area (Å²) >= 11 is 0. The zero-order chi connectivity index (χ0) is 12.4. The first-order valence-electron chi connectivity index (χ1n) is 6.53. The van der Waals surface area contributed by atoms with Crippen molar-refractivity contribution in [3.8, 4) is 0 Å². The van der Waals surface area contributed by atoms with E-state index >= 15 is 0 Å². The number of aromatic nitrogens is 2. The highest BCUT2D eigenvalue weighted by molar-refractivity contribution is 5.89. The van der Waals surface area contributed by atoms with Gasteiger partial charge in [-0.1, -0.05) is 12.1 Å². The van der Waals surface area contributed by atoms with Gasteiger partial charge in [0.2, 0.25) is 0 Å². The summed E-state index contributed by atoms with van der Waals surface area (Å²) in [6.07, 6.45) is 3.99. The molecule has 94 valence electrons. The van der Waals surface area contributed by atoms with Crippen LogP contribution in [0.2, 0.25) is 0 Å². The molecule has 0 aliphatic carbocycles. The first kappa shape index (κ1) is 11.4. The monoisotopic (exact) mass is 242 g/mol. The van der Waals surface area contributed by atoms with Crippen LogP contribution in [0.3, 0.4) is 0 Å². The lowest BCUT2D eigenvalue weighted by Crippen LogP contribution is -2.22. The van der Waals surface area contributed by atoms with Gasteiger partial charge in [-0.25, -0.2) is 9.97 Å². The molecular weight excluding hydrogens is 224 g/mol. The summed E-state index contributed by atoms with van der Waals surface area (Å²) in [5, 5.41) is 1.15. The van der Waals surface area contributed by atoms with Gasteiger partial charge < -0.3 is 10.6 Å². The van der Waals surface area contributed by atoms with Crippen LogP contribution in [-0.4, -0.2) is 29.6 Å². The number of benzene rings is 1. The first-order valence-corrected chi connectivity index (χ1v) is 6.53. The van der Waals surface area contributed by atoms with Crippen molar-refractivity contribution in [3.05, 3.63) is 30.6 Å². The Morgan fingerprint density at radius 3 is 3.06 bits per heavy atom. The van der Waals surface area contributed by atoms with Gasteiger partial charge in [-0.05, 0) is 37.4 Å². The minimum Gasteiger partial charge on any atom is -0.356 e. The SMILES string of the molecule is NCCC1CCN(c2ncnc3ccccc23)C1. The molecule has 1 atom stereocenters. The number of fused-ring (bicyclic) bond motifs is 1. The molecule has 4 nitrogen and oxygen atoms in total. The molecule has 1 unspecified atom stereocenters. The van der Waals surface area contributed by atoms with E-state index in [1.807, 2.05) is 18.2 Å². The molecule has 0 saturated carbocycles. The summed E-state index contributed by atoms with van der Waals surface area (Å²) in [6, 6.07) is 8.19. The van der Waals surface area contributed by atoms with E-state index in [9.17, 15) is 0 Å². The third-order valence-electron chi connectivity index (χ3n) is 3.68. The van der Waals surface area contributed by atoms with Crippen molar-refractivity contribution >= 4 is 16.7 Å². The molecule has 2 aromatic rings. The van der Waals surface area contributed by atoms with Crippen molar-refractivity contribution in [2.75, 3.05) is 24.5 Å². The van der Waals surface area contributed by atoms with Crippen LogP contribution in [0.1, 0.15) is 12.8 Å². The molecule has 2 N–H and O–H groups in total. The minimum atomic E-state index is 0.712. The van der Waals surface area contributed by atoms with E-state index in [2.05, 4.69) is 20.9 Å². The van der Waals surface area contributed by atoms with Gasteiger partial charge in [0.15, 0.2) is 0 Å². The van der Waals surface area contributed by atoms with Gasteiger partial charge in [0.1, 0.15) is 12.1 Å². The Bertz CT molecular complexity index is 535. The molecule has 1 saturated heterocycles. The second-order valence-corrected chi connectivity index (χ2v) is 4.89. The van der Waals surface area contributed by atoms with Crippen molar-refractivity contribution in [2.45, 2.75) is 12.8 Å². The summed E-state index contributed by atoms with van der Waals surface area (Å²) in [4.78, 5) is 11.1. The van der Waals surface area contributed by atoms with Gasteiger partial charge in [-0.15, -0.1) is 0 Å². The van der Waals surface area contributed by atoms with Crippen molar-refractivity contribution in [3.63, 3.8) is 0 Å². The average molecular weight is 242 g/mol. The number of para-hydroxylation sites is 1. The molecule has 0 bridgehead atoms. The fourth-order valence-corrected chi connectivity index (χ4v) is 2.74. The Kier molecular flexibility index (Phi) is 3.11. The van der Waals surface area contributed by atoms with E-state index in [1.165, 1.54) is 6.42 Å². The minimum absolute atomic E-state index is 0.712. The first-order chi connectivity index (χ1) is 8.88. The highest BCUT2D eigenvalue weighted by Gasteiger charge is 2.23. The molecule has 1 aliphatic heterocycles. The Hall–Kier alpha value is -1.68. The Morgan fingerprint density at radius 2 is 2.17 bits per heavy atom. The van der Waals surface area contributed by atoms with Gasteiger partial charge >= 0.3 is 0 Å². The highest BCUT2D eigenvalue weighted by atomic mass is 15.2. The summed E-state index contributed by atoms with van der Waals surface area (Å²) in [7, 11) is 0. The molecule has 0 amide bonds. The second kappa shape index (κ2) is 4.90. The molecule has 1 aromatic carbocycles. The molecule has 1 aromatic heterocycles. The zero-order valence-corrected chi connectivity index (χ0v) is 10.4. The predicted molar refractivity (Wildman–Crippen MR) is 73.5 cm³/mol. The van der Waals surface area contributed by atoms with Gasteiger partial charge in [-0.2, -0.15) is 0 Å². The lowest BCUT2D eigenvalue weighted by atomic mass is 10.1. The number of rotatable bonds is 3. The average Bonchev–Trinajstić information content (AvgIpc) is 2.87. The number of nitrogens with two attached hydrogens (primary N) is 1. The predicted octanol–water partition coefficient (Wildman–Crippen LogP) is 1.80. The molecule has 0 spiro atoms. The number of hydrogen-bond acceptors (Lipinski definition) is 4. The third-order valence-corrected chi connectivity index (χ3v) is 3.68. The van der Waals surface area contributed by atoms with Crippen molar-refractivity contribution < 1.29 is 0 Å². The highest BCUT2D eigenvalue weighted by Crippen LogP contribution is 2.28. The summed E-state index contributed by atoms with van der Waals surface area (Å²) in [5.74, 6) is 1.78. The summed E-state index contributed by atoms with van der Waals surface area (Å²) < 4.78 is 0. The Balaban J connectivity index is 1.91. The molecule has 18 heavy (non-hydrogen) atoms.